The lowest BCUT2D eigenvalue weighted by Gasteiger charge is -2.08. The third-order valence-corrected chi connectivity index (χ3v) is 2.18. The summed E-state index contributed by atoms with van der Waals surface area (Å²) in [5.41, 5.74) is 5.49. The number of nitrogens with two attached hydrogens (primary N) is 1. The van der Waals surface area contributed by atoms with Crippen molar-refractivity contribution >= 4 is 5.91 Å². The Hall–Kier alpha value is -0.610. The summed E-state index contributed by atoms with van der Waals surface area (Å²) >= 11 is 0. The van der Waals surface area contributed by atoms with Crippen molar-refractivity contribution in [1.82, 2.24) is 5.32 Å². The Morgan fingerprint density at radius 3 is 2.87 bits per heavy atom. The first kappa shape index (κ1) is 14.4. The molecule has 0 aromatic heterocycles. The van der Waals surface area contributed by atoms with Gasteiger partial charge in [-0.15, -0.1) is 0 Å². The van der Waals surface area contributed by atoms with Crippen LogP contribution in [0, 0.1) is 5.92 Å². The van der Waals surface area contributed by atoms with Crippen molar-refractivity contribution in [1.29, 1.82) is 0 Å². The maximum atomic E-state index is 11.2. The van der Waals surface area contributed by atoms with E-state index >= 15 is 0 Å². The van der Waals surface area contributed by atoms with E-state index in [0.29, 0.717) is 19.1 Å². The summed E-state index contributed by atoms with van der Waals surface area (Å²) in [4.78, 5) is 11.2. The Bertz CT molecular complexity index is 163. The normalized spacial score (nSPS) is 12.5. The molecule has 1 atom stereocenters. The Balaban J connectivity index is 3.23. The summed E-state index contributed by atoms with van der Waals surface area (Å²) in [5.74, 6) is 0.516. The molecule has 0 aromatic carbocycles. The van der Waals surface area contributed by atoms with E-state index in [9.17, 15) is 4.79 Å². The topological polar surface area (TPSA) is 64.3 Å². The van der Waals surface area contributed by atoms with Gasteiger partial charge in [0.1, 0.15) is 6.61 Å². The van der Waals surface area contributed by atoms with Crippen molar-refractivity contribution in [2.45, 2.75) is 33.1 Å². The molecule has 4 nitrogen and oxygen atoms in total. The molecule has 3 N–H and O–H groups in total. The maximum Gasteiger partial charge on any atom is 0.245 e. The summed E-state index contributed by atoms with van der Waals surface area (Å²) in [6, 6.07) is 0. The Kier molecular flexibility index (Phi) is 9.52. The molecule has 1 unspecified atom stereocenters. The average molecular weight is 216 g/mol. The van der Waals surface area contributed by atoms with Crippen LogP contribution >= 0.6 is 0 Å². The molecule has 0 spiro atoms. The number of carbonyl (C=O) groups is 1. The van der Waals surface area contributed by atoms with Gasteiger partial charge in [-0.3, -0.25) is 4.79 Å². The summed E-state index contributed by atoms with van der Waals surface area (Å²) in [6.45, 7) is 6.41. The number of nitrogens with one attached hydrogen (secondary N) is 1. The lowest BCUT2D eigenvalue weighted by Crippen LogP contribution is -2.29. The highest BCUT2D eigenvalue weighted by atomic mass is 16.5. The van der Waals surface area contributed by atoms with E-state index in [1.165, 1.54) is 0 Å². The van der Waals surface area contributed by atoms with Crippen LogP contribution in [0.4, 0.5) is 0 Å². The lowest BCUT2D eigenvalue weighted by atomic mass is 10.1. The fraction of sp³-hybridized carbons (Fsp3) is 0.909. The average Bonchev–Trinajstić information content (AvgIpc) is 2.24. The van der Waals surface area contributed by atoms with Crippen molar-refractivity contribution in [3.05, 3.63) is 0 Å². The van der Waals surface area contributed by atoms with Gasteiger partial charge >= 0.3 is 0 Å². The SMILES string of the molecule is CCCOCC(=O)NCCCC(C)CN. The first-order valence-electron chi connectivity index (χ1n) is 5.75. The third-order valence-electron chi connectivity index (χ3n) is 2.18. The second-order valence-corrected chi connectivity index (χ2v) is 3.89. The molecule has 0 aliphatic rings. The van der Waals surface area contributed by atoms with Gasteiger partial charge < -0.3 is 15.8 Å². The van der Waals surface area contributed by atoms with Crippen molar-refractivity contribution in [2.24, 2.45) is 11.7 Å². The number of amides is 1. The monoisotopic (exact) mass is 216 g/mol. The van der Waals surface area contributed by atoms with E-state index in [1.54, 1.807) is 0 Å². The van der Waals surface area contributed by atoms with Crippen LogP contribution in [0.15, 0.2) is 0 Å². The van der Waals surface area contributed by atoms with Gasteiger partial charge in [0.25, 0.3) is 0 Å². The molecule has 0 radical (unpaired) electrons. The minimum atomic E-state index is -0.0242. The molecule has 0 aromatic rings. The van der Waals surface area contributed by atoms with E-state index in [0.717, 1.165) is 25.8 Å². The molecule has 0 bridgehead atoms. The Labute approximate surface area is 92.6 Å². The van der Waals surface area contributed by atoms with Gasteiger partial charge in [-0.05, 0) is 31.7 Å². The van der Waals surface area contributed by atoms with Gasteiger partial charge in [0.05, 0.1) is 0 Å². The summed E-state index contributed by atoms with van der Waals surface area (Å²) < 4.78 is 5.11. The lowest BCUT2D eigenvalue weighted by molar-refractivity contribution is -0.125. The van der Waals surface area contributed by atoms with Crippen LogP contribution in [0.3, 0.4) is 0 Å². The van der Waals surface area contributed by atoms with E-state index in [-0.39, 0.29) is 12.5 Å². The second-order valence-electron chi connectivity index (χ2n) is 3.89. The van der Waals surface area contributed by atoms with Gasteiger partial charge in [-0.2, -0.15) is 0 Å². The fourth-order valence-electron chi connectivity index (χ4n) is 1.16. The minimum Gasteiger partial charge on any atom is -0.372 e. The number of hydrogen-bond donors (Lipinski definition) is 2. The summed E-state index contributed by atoms with van der Waals surface area (Å²) in [5, 5.41) is 2.82. The molecule has 0 fully saturated rings. The van der Waals surface area contributed by atoms with Crippen LogP contribution in [0.5, 0.6) is 0 Å². The van der Waals surface area contributed by atoms with E-state index in [4.69, 9.17) is 10.5 Å². The maximum absolute atomic E-state index is 11.2. The van der Waals surface area contributed by atoms with Crippen LogP contribution < -0.4 is 11.1 Å². The molecule has 15 heavy (non-hydrogen) atoms. The number of ether oxygens (including phenoxy) is 1. The molecular formula is C11H24N2O2. The molecule has 0 heterocycles. The van der Waals surface area contributed by atoms with E-state index < -0.39 is 0 Å². The highest BCUT2D eigenvalue weighted by Crippen LogP contribution is 2.01. The predicted octanol–water partition coefficient (Wildman–Crippen LogP) is 0.904. The first-order chi connectivity index (χ1) is 7.20. The van der Waals surface area contributed by atoms with Crippen molar-refractivity contribution < 1.29 is 9.53 Å². The molecule has 0 saturated carbocycles. The summed E-state index contributed by atoms with van der Waals surface area (Å²) in [7, 11) is 0. The Morgan fingerprint density at radius 1 is 1.53 bits per heavy atom. The first-order valence-corrected chi connectivity index (χ1v) is 5.75. The van der Waals surface area contributed by atoms with Gasteiger partial charge in [0.2, 0.25) is 5.91 Å². The van der Waals surface area contributed by atoms with E-state index in [1.807, 2.05) is 6.92 Å². The van der Waals surface area contributed by atoms with Gasteiger partial charge in [-0.25, -0.2) is 0 Å². The molecular weight excluding hydrogens is 192 g/mol. The zero-order chi connectivity index (χ0) is 11.5. The molecule has 0 rings (SSSR count). The molecule has 4 heteroatoms. The molecule has 90 valence electrons. The van der Waals surface area contributed by atoms with Crippen LogP contribution in [0.1, 0.15) is 33.1 Å². The highest BCUT2D eigenvalue weighted by Gasteiger charge is 2.01. The number of hydrogen-bond acceptors (Lipinski definition) is 3. The second kappa shape index (κ2) is 9.93. The van der Waals surface area contributed by atoms with Crippen LogP contribution in [-0.2, 0) is 9.53 Å². The molecule has 0 saturated heterocycles. The summed E-state index contributed by atoms with van der Waals surface area (Å²) in [6.07, 6.45) is 2.99. The molecule has 1 amide bonds. The van der Waals surface area contributed by atoms with Gasteiger partial charge in [0.15, 0.2) is 0 Å². The predicted molar refractivity (Wildman–Crippen MR) is 61.6 cm³/mol. The van der Waals surface area contributed by atoms with Crippen LogP contribution in [0.2, 0.25) is 0 Å². The zero-order valence-electron chi connectivity index (χ0n) is 9.92. The fourth-order valence-corrected chi connectivity index (χ4v) is 1.16. The van der Waals surface area contributed by atoms with Gasteiger partial charge in [0, 0.05) is 13.2 Å². The van der Waals surface area contributed by atoms with Crippen molar-refractivity contribution in [3.8, 4) is 0 Å². The van der Waals surface area contributed by atoms with Crippen molar-refractivity contribution in [2.75, 3.05) is 26.3 Å². The zero-order valence-corrected chi connectivity index (χ0v) is 9.92. The Morgan fingerprint density at radius 2 is 2.27 bits per heavy atom. The minimum absolute atomic E-state index is 0.0242. The van der Waals surface area contributed by atoms with Crippen LogP contribution in [0.25, 0.3) is 0 Å². The molecule has 0 aliphatic heterocycles. The van der Waals surface area contributed by atoms with Crippen molar-refractivity contribution in [3.63, 3.8) is 0 Å². The molecule has 0 aliphatic carbocycles. The smallest absolute Gasteiger partial charge is 0.245 e. The standard InChI is InChI=1S/C11H24N2O2/c1-3-7-15-9-11(14)13-6-4-5-10(2)8-12/h10H,3-9,12H2,1-2H3,(H,13,14). The van der Waals surface area contributed by atoms with Crippen LogP contribution in [-0.4, -0.2) is 32.2 Å². The van der Waals surface area contributed by atoms with Gasteiger partial charge in [-0.1, -0.05) is 13.8 Å². The highest BCUT2D eigenvalue weighted by molar-refractivity contribution is 5.77. The quantitative estimate of drug-likeness (QED) is 0.563. The number of rotatable bonds is 9. The third kappa shape index (κ3) is 9.69. The van der Waals surface area contributed by atoms with E-state index in [2.05, 4.69) is 12.2 Å². The largest absolute Gasteiger partial charge is 0.372 e. The number of carbonyl (C=O) groups excluding carboxylic acids is 1.